The lowest BCUT2D eigenvalue weighted by Crippen LogP contribution is -2.25. The summed E-state index contributed by atoms with van der Waals surface area (Å²) in [5.74, 6) is 0. The number of aromatic amines is 2. The van der Waals surface area contributed by atoms with Gasteiger partial charge >= 0.3 is 0 Å². The van der Waals surface area contributed by atoms with Crippen molar-refractivity contribution in [3.8, 4) is 0 Å². The molecule has 1 aromatic carbocycles. The Bertz CT molecular complexity index is 852. The van der Waals surface area contributed by atoms with E-state index in [0.717, 1.165) is 11.2 Å². The molecule has 3 rings (SSSR count). The highest BCUT2D eigenvalue weighted by molar-refractivity contribution is 7.89. The highest BCUT2D eigenvalue weighted by atomic mass is 32.2. The van der Waals surface area contributed by atoms with Gasteiger partial charge in [0.15, 0.2) is 0 Å². The van der Waals surface area contributed by atoms with Crippen molar-refractivity contribution in [1.82, 2.24) is 19.7 Å². The molecule has 0 bridgehead atoms. The Labute approximate surface area is 121 Å². The molecule has 7 nitrogen and oxygen atoms in total. The maximum absolute atomic E-state index is 12.3. The van der Waals surface area contributed by atoms with Gasteiger partial charge in [0.2, 0.25) is 10.0 Å². The van der Waals surface area contributed by atoms with Crippen LogP contribution in [0.4, 0.5) is 5.69 Å². The molecule has 0 saturated carbocycles. The number of benzene rings is 1. The van der Waals surface area contributed by atoms with Gasteiger partial charge in [-0.15, -0.1) is 0 Å². The first kappa shape index (κ1) is 13.7. The minimum Gasteiger partial charge on any atom is -0.399 e. The summed E-state index contributed by atoms with van der Waals surface area (Å²) < 4.78 is 27.3. The summed E-state index contributed by atoms with van der Waals surface area (Å²) in [5.41, 5.74) is 7.85. The number of hydrogen-bond acceptors (Lipinski definition) is 4. The van der Waals surface area contributed by atoms with Crippen LogP contribution in [0.5, 0.6) is 0 Å². The molecule has 0 aliphatic carbocycles. The van der Waals surface area contributed by atoms with E-state index in [9.17, 15) is 8.42 Å². The van der Waals surface area contributed by atoms with Crippen LogP contribution >= 0.6 is 0 Å². The number of rotatable bonds is 5. The van der Waals surface area contributed by atoms with Crippen LogP contribution in [0.1, 0.15) is 5.69 Å². The largest absolute Gasteiger partial charge is 0.399 e. The zero-order valence-electron chi connectivity index (χ0n) is 11.1. The Balaban J connectivity index is 1.81. The second kappa shape index (κ2) is 5.23. The monoisotopic (exact) mass is 305 g/mol. The molecule has 0 amide bonds. The molecule has 0 spiro atoms. The predicted molar refractivity (Wildman–Crippen MR) is 80.2 cm³/mol. The van der Waals surface area contributed by atoms with Crippen LogP contribution < -0.4 is 10.5 Å². The van der Waals surface area contributed by atoms with Gasteiger partial charge in [0, 0.05) is 47.6 Å². The van der Waals surface area contributed by atoms with Gasteiger partial charge in [-0.2, -0.15) is 0 Å². The van der Waals surface area contributed by atoms with E-state index in [1.165, 1.54) is 6.20 Å². The highest BCUT2D eigenvalue weighted by Crippen LogP contribution is 2.24. The number of nitrogens with zero attached hydrogens (tertiary/aromatic N) is 1. The van der Waals surface area contributed by atoms with E-state index in [4.69, 9.17) is 5.73 Å². The molecule has 21 heavy (non-hydrogen) atoms. The Hall–Kier alpha value is -2.32. The fraction of sp³-hybridized carbons (Fsp3) is 0.154. The number of H-pyrrole nitrogens is 2. The van der Waals surface area contributed by atoms with Crippen molar-refractivity contribution in [2.45, 2.75) is 11.3 Å². The van der Waals surface area contributed by atoms with E-state index in [1.54, 1.807) is 30.7 Å². The predicted octanol–water partition coefficient (Wildman–Crippen LogP) is 0.994. The summed E-state index contributed by atoms with van der Waals surface area (Å²) in [6.07, 6.45) is 5.25. The van der Waals surface area contributed by atoms with Gasteiger partial charge in [0.25, 0.3) is 0 Å². The van der Waals surface area contributed by atoms with Gasteiger partial charge in [0.05, 0.1) is 6.33 Å². The molecule has 5 N–H and O–H groups in total. The van der Waals surface area contributed by atoms with E-state index >= 15 is 0 Å². The zero-order chi connectivity index (χ0) is 14.9. The zero-order valence-corrected chi connectivity index (χ0v) is 11.9. The van der Waals surface area contributed by atoms with Gasteiger partial charge in [-0.25, -0.2) is 18.1 Å². The van der Waals surface area contributed by atoms with Gasteiger partial charge in [-0.3, -0.25) is 0 Å². The molecule has 0 atom stereocenters. The molecule has 3 aromatic rings. The van der Waals surface area contributed by atoms with Crippen LogP contribution in [0.3, 0.4) is 0 Å². The van der Waals surface area contributed by atoms with Crippen molar-refractivity contribution in [1.29, 1.82) is 0 Å². The SMILES string of the molecule is Nc1ccc2[nH]cc(S(=O)(=O)NCCc3cnc[nH]3)c2c1. The Morgan fingerprint density at radius 3 is 2.90 bits per heavy atom. The first-order valence-electron chi connectivity index (χ1n) is 6.40. The third kappa shape index (κ3) is 2.76. The van der Waals surface area contributed by atoms with Crippen LogP contribution in [0.15, 0.2) is 41.8 Å². The molecule has 0 saturated heterocycles. The number of anilines is 1. The number of sulfonamides is 1. The third-order valence-electron chi connectivity index (χ3n) is 3.20. The molecular weight excluding hydrogens is 290 g/mol. The Morgan fingerprint density at radius 2 is 2.14 bits per heavy atom. The topological polar surface area (TPSA) is 117 Å². The number of fused-ring (bicyclic) bond motifs is 1. The lowest BCUT2D eigenvalue weighted by atomic mass is 10.2. The lowest BCUT2D eigenvalue weighted by molar-refractivity contribution is 0.582. The van der Waals surface area contributed by atoms with Crippen molar-refractivity contribution in [3.63, 3.8) is 0 Å². The molecule has 0 radical (unpaired) electrons. The Kier molecular flexibility index (Phi) is 3.40. The smallest absolute Gasteiger partial charge is 0.242 e. The normalized spacial score (nSPS) is 12.0. The van der Waals surface area contributed by atoms with Crippen molar-refractivity contribution in [2.24, 2.45) is 0 Å². The summed E-state index contributed by atoms with van der Waals surface area (Å²) >= 11 is 0. The Morgan fingerprint density at radius 1 is 1.29 bits per heavy atom. The van der Waals surface area contributed by atoms with E-state index in [-0.39, 0.29) is 4.90 Å². The fourth-order valence-corrected chi connectivity index (χ4v) is 3.35. The van der Waals surface area contributed by atoms with Gasteiger partial charge in [-0.1, -0.05) is 0 Å². The molecule has 0 aliphatic heterocycles. The summed E-state index contributed by atoms with van der Waals surface area (Å²) in [6.45, 7) is 0.291. The van der Waals surface area contributed by atoms with Crippen LogP contribution in [-0.4, -0.2) is 29.9 Å². The van der Waals surface area contributed by atoms with E-state index in [2.05, 4.69) is 19.7 Å². The second-order valence-electron chi connectivity index (χ2n) is 4.68. The molecular formula is C13H15N5O2S. The van der Waals surface area contributed by atoms with Crippen LogP contribution in [0, 0.1) is 0 Å². The van der Waals surface area contributed by atoms with Crippen molar-refractivity contribution >= 4 is 26.6 Å². The van der Waals surface area contributed by atoms with E-state index in [1.807, 2.05) is 0 Å². The number of imidazole rings is 1. The van der Waals surface area contributed by atoms with Crippen LogP contribution in [0.25, 0.3) is 10.9 Å². The number of hydrogen-bond donors (Lipinski definition) is 4. The molecule has 0 unspecified atom stereocenters. The minimum atomic E-state index is -3.58. The van der Waals surface area contributed by atoms with Crippen molar-refractivity contribution in [2.75, 3.05) is 12.3 Å². The summed E-state index contributed by atoms with van der Waals surface area (Å²) in [5, 5.41) is 0.587. The summed E-state index contributed by atoms with van der Waals surface area (Å²) in [7, 11) is -3.58. The second-order valence-corrected chi connectivity index (χ2v) is 6.42. The molecule has 0 aliphatic rings. The molecule has 8 heteroatoms. The van der Waals surface area contributed by atoms with Crippen LogP contribution in [0.2, 0.25) is 0 Å². The minimum absolute atomic E-state index is 0.203. The van der Waals surface area contributed by atoms with Crippen LogP contribution in [-0.2, 0) is 16.4 Å². The number of nitrogens with two attached hydrogens (primary N) is 1. The number of nitrogen functional groups attached to an aromatic ring is 1. The lowest BCUT2D eigenvalue weighted by Gasteiger charge is -2.05. The first-order chi connectivity index (χ1) is 10.1. The maximum Gasteiger partial charge on any atom is 0.242 e. The molecule has 2 heterocycles. The average molecular weight is 305 g/mol. The highest BCUT2D eigenvalue weighted by Gasteiger charge is 2.18. The quantitative estimate of drug-likeness (QED) is 0.526. The van der Waals surface area contributed by atoms with E-state index in [0.29, 0.717) is 24.0 Å². The third-order valence-corrected chi connectivity index (χ3v) is 4.70. The van der Waals surface area contributed by atoms with Gasteiger partial charge in [-0.05, 0) is 18.2 Å². The van der Waals surface area contributed by atoms with Crippen molar-refractivity contribution in [3.05, 3.63) is 42.6 Å². The van der Waals surface area contributed by atoms with E-state index < -0.39 is 10.0 Å². The molecule has 0 fully saturated rings. The average Bonchev–Trinajstić information content (AvgIpc) is 3.07. The van der Waals surface area contributed by atoms with Crippen molar-refractivity contribution < 1.29 is 8.42 Å². The number of nitrogens with one attached hydrogen (secondary N) is 3. The molecule has 2 aromatic heterocycles. The number of aromatic nitrogens is 3. The summed E-state index contributed by atoms with van der Waals surface area (Å²) in [4.78, 5) is 9.95. The standard InChI is InChI=1S/C13H15N5O2S/c14-9-1-2-12-11(5-9)13(7-16-12)21(19,20)18-4-3-10-6-15-8-17-10/h1-2,5-8,16,18H,3-4,14H2,(H,15,17). The van der Waals surface area contributed by atoms with Gasteiger partial charge < -0.3 is 15.7 Å². The fourth-order valence-electron chi connectivity index (χ4n) is 2.15. The molecule has 110 valence electrons. The maximum atomic E-state index is 12.3. The van der Waals surface area contributed by atoms with Gasteiger partial charge in [0.1, 0.15) is 4.90 Å². The first-order valence-corrected chi connectivity index (χ1v) is 7.88. The summed E-state index contributed by atoms with van der Waals surface area (Å²) in [6, 6.07) is 5.13.